The van der Waals surface area contributed by atoms with Crippen molar-refractivity contribution < 1.29 is 9.59 Å². The Bertz CT molecular complexity index is 656. The summed E-state index contributed by atoms with van der Waals surface area (Å²) >= 11 is 0. The van der Waals surface area contributed by atoms with Gasteiger partial charge in [-0.1, -0.05) is 0 Å². The lowest BCUT2D eigenvalue weighted by molar-refractivity contribution is -0.144. The highest BCUT2D eigenvalue weighted by Gasteiger charge is 2.42. The average Bonchev–Trinajstić information content (AvgIpc) is 3.39. The maximum Gasteiger partial charge on any atom is 0.227 e. The summed E-state index contributed by atoms with van der Waals surface area (Å²) in [6, 6.07) is 0. The fourth-order valence-electron chi connectivity index (χ4n) is 4.90. The highest BCUT2D eigenvalue weighted by atomic mass is 35.5. The first kappa shape index (κ1) is 24.0. The topological polar surface area (TPSA) is 70.5 Å². The Kier molecular flexibility index (Phi) is 8.79. The monoisotopic (exact) mass is 445 g/mol. The number of nitrogens with zero attached hydrogens (tertiary/aromatic N) is 4. The van der Waals surface area contributed by atoms with Gasteiger partial charge in [-0.3, -0.25) is 9.59 Å². The van der Waals surface area contributed by atoms with Crippen molar-refractivity contribution in [1.29, 1.82) is 0 Å². The number of aryl methyl sites for hydroxylation is 1. The summed E-state index contributed by atoms with van der Waals surface area (Å²) in [5.74, 6) is 0.798. The van der Waals surface area contributed by atoms with Crippen molar-refractivity contribution in [3.8, 4) is 0 Å². The molecule has 3 fully saturated rings. The molecule has 0 bridgehead atoms. The molecule has 29 heavy (non-hydrogen) atoms. The molecule has 2 amide bonds. The van der Waals surface area contributed by atoms with Crippen molar-refractivity contribution in [1.82, 2.24) is 24.7 Å². The highest BCUT2D eigenvalue weighted by molar-refractivity contribution is 5.85. The molecule has 1 aromatic heterocycles. The Hall–Kier alpha value is -1.31. The number of carbonyl (C=O) groups is 2. The second-order valence-corrected chi connectivity index (χ2v) is 8.48. The number of imidazole rings is 1. The van der Waals surface area contributed by atoms with Crippen LogP contribution in [0.1, 0.15) is 38.5 Å². The van der Waals surface area contributed by atoms with Crippen LogP contribution in [0.5, 0.6) is 0 Å². The van der Waals surface area contributed by atoms with Crippen molar-refractivity contribution in [2.24, 2.45) is 11.3 Å². The smallest absolute Gasteiger partial charge is 0.227 e. The lowest BCUT2D eigenvalue weighted by Gasteiger charge is -2.47. The molecule has 0 aromatic carbocycles. The predicted octanol–water partition coefficient (Wildman–Crippen LogP) is 1.96. The molecule has 4 heterocycles. The Morgan fingerprint density at radius 2 is 2.00 bits per heavy atom. The third-order valence-electron chi connectivity index (χ3n) is 6.70. The van der Waals surface area contributed by atoms with Gasteiger partial charge in [0, 0.05) is 58.1 Å². The maximum absolute atomic E-state index is 12.7. The van der Waals surface area contributed by atoms with Crippen LogP contribution in [0.2, 0.25) is 0 Å². The first-order chi connectivity index (χ1) is 13.2. The first-order valence-electron chi connectivity index (χ1n) is 10.4. The fourth-order valence-corrected chi connectivity index (χ4v) is 4.90. The molecule has 9 heteroatoms. The van der Waals surface area contributed by atoms with Gasteiger partial charge in [0.1, 0.15) is 0 Å². The van der Waals surface area contributed by atoms with Crippen molar-refractivity contribution in [2.45, 2.75) is 45.1 Å². The number of piperidine rings is 2. The SMILES string of the molecule is Cl.Cl.O=C1CCC2(CCN(C(=O)C3CCNC3)CC2)CN1CCCn1ccnc1. The molecule has 4 rings (SSSR count). The van der Waals surface area contributed by atoms with Gasteiger partial charge >= 0.3 is 0 Å². The van der Waals surface area contributed by atoms with E-state index < -0.39 is 0 Å². The summed E-state index contributed by atoms with van der Waals surface area (Å²) in [6.45, 7) is 6.08. The summed E-state index contributed by atoms with van der Waals surface area (Å²) in [6.07, 6.45) is 11.2. The predicted molar refractivity (Wildman–Crippen MR) is 116 cm³/mol. The van der Waals surface area contributed by atoms with E-state index in [9.17, 15) is 9.59 Å². The number of hydrogen-bond donors (Lipinski definition) is 1. The molecule has 7 nitrogen and oxygen atoms in total. The van der Waals surface area contributed by atoms with Crippen LogP contribution in [-0.2, 0) is 16.1 Å². The Morgan fingerprint density at radius 1 is 1.21 bits per heavy atom. The van der Waals surface area contributed by atoms with Gasteiger partial charge in [0.2, 0.25) is 11.8 Å². The second-order valence-electron chi connectivity index (χ2n) is 8.48. The van der Waals surface area contributed by atoms with Crippen LogP contribution >= 0.6 is 24.8 Å². The van der Waals surface area contributed by atoms with Gasteiger partial charge in [-0.15, -0.1) is 24.8 Å². The van der Waals surface area contributed by atoms with Crippen molar-refractivity contribution in [3.05, 3.63) is 18.7 Å². The summed E-state index contributed by atoms with van der Waals surface area (Å²) < 4.78 is 2.06. The maximum atomic E-state index is 12.7. The molecule has 164 valence electrons. The van der Waals surface area contributed by atoms with E-state index in [1.54, 1.807) is 6.20 Å². The lowest BCUT2D eigenvalue weighted by atomic mass is 9.72. The van der Waals surface area contributed by atoms with E-state index in [-0.39, 0.29) is 36.1 Å². The molecule has 0 aliphatic carbocycles. The van der Waals surface area contributed by atoms with E-state index in [2.05, 4.69) is 24.7 Å². The molecular weight excluding hydrogens is 413 g/mol. The first-order valence-corrected chi connectivity index (χ1v) is 10.4. The number of likely N-dealkylation sites (tertiary alicyclic amines) is 2. The second kappa shape index (κ2) is 10.6. The van der Waals surface area contributed by atoms with E-state index in [0.717, 1.165) is 77.9 Å². The number of nitrogens with one attached hydrogen (secondary N) is 1. The molecule has 1 N–H and O–H groups in total. The third-order valence-corrected chi connectivity index (χ3v) is 6.70. The number of halogens is 2. The number of amides is 2. The molecule has 1 aromatic rings. The van der Waals surface area contributed by atoms with Gasteiger partial charge in [-0.2, -0.15) is 0 Å². The van der Waals surface area contributed by atoms with Crippen molar-refractivity contribution in [3.63, 3.8) is 0 Å². The van der Waals surface area contributed by atoms with E-state index in [4.69, 9.17) is 0 Å². The number of aromatic nitrogens is 2. The summed E-state index contributed by atoms with van der Waals surface area (Å²) in [5, 5.41) is 3.29. The Morgan fingerprint density at radius 3 is 2.66 bits per heavy atom. The average molecular weight is 446 g/mol. The van der Waals surface area contributed by atoms with Crippen LogP contribution in [0, 0.1) is 11.3 Å². The molecule has 1 spiro atoms. The van der Waals surface area contributed by atoms with Gasteiger partial charge < -0.3 is 19.7 Å². The van der Waals surface area contributed by atoms with Gasteiger partial charge in [-0.05, 0) is 44.1 Å². The third kappa shape index (κ3) is 5.64. The minimum absolute atomic E-state index is 0. The number of hydrogen-bond acceptors (Lipinski definition) is 4. The Labute approximate surface area is 185 Å². The zero-order chi connectivity index (χ0) is 18.7. The zero-order valence-corrected chi connectivity index (χ0v) is 18.6. The standard InChI is InChI=1S/C20H31N5O2.2ClH/c26-18-2-4-20(15-25(18)10-1-9-23-13-8-22-16-23)5-11-24(12-6-20)19(27)17-3-7-21-14-17;;/h8,13,16-17,21H,1-7,9-12,14-15H2;2*1H. The Balaban J connectivity index is 0.00000150. The summed E-state index contributed by atoms with van der Waals surface area (Å²) in [5.41, 5.74) is 0.216. The van der Waals surface area contributed by atoms with Crippen LogP contribution in [0.15, 0.2) is 18.7 Å². The van der Waals surface area contributed by atoms with Gasteiger partial charge in [-0.25, -0.2) is 4.98 Å². The molecule has 0 saturated carbocycles. The van der Waals surface area contributed by atoms with Crippen molar-refractivity contribution in [2.75, 3.05) is 39.3 Å². The van der Waals surface area contributed by atoms with E-state index in [1.165, 1.54) is 0 Å². The molecule has 3 saturated heterocycles. The normalized spacial score (nSPS) is 23.6. The van der Waals surface area contributed by atoms with Crippen LogP contribution in [0.4, 0.5) is 0 Å². The molecule has 0 radical (unpaired) electrons. The van der Waals surface area contributed by atoms with Gasteiger partial charge in [0.15, 0.2) is 0 Å². The minimum Gasteiger partial charge on any atom is -0.342 e. The summed E-state index contributed by atoms with van der Waals surface area (Å²) in [4.78, 5) is 33.3. The molecule has 1 unspecified atom stereocenters. The largest absolute Gasteiger partial charge is 0.342 e. The fraction of sp³-hybridized carbons (Fsp3) is 0.750. The summed E-state index contributed by atoms with van der Waals surface area (Å²) in [7, 11) is 0. The molecular formula is C20H33Cl2N5O2. The van der Waals surface area contributed by atoms with Gasteiger partial charge in [0.05, 0.1) is 12.2 Å². The van der Waals surface area contributed by atoms with E-state index in [0.29, 0.717) is 18.2 Å². The van der Waals surface area contributed by atoms with Crippen LogP contribution in [0.25, 0.3) is 0 Å². The minimum atomic E-state index is 0. The van der Waals surface area contributed by atoms with Crippen LogP contribution in [0.3, 0.4) is 0 Å². The van der Waals surface area contributed by atoms with E-state index >= 15 is 0 Å². The number of carbonyl (C=O) groups excluding carboxylic acids is 2. The molecule has 1 atom stereocenters. The zero-order valence-electron chi connectivity index (χ0n) is 16.9. The lowest BCUT2D eigenvalue weighted by Crippen LogP contribution is -2.53. The van der Waals surface area contributed by atoms with Crippen molar-refractivity contribution >= 4 is 36.6 Å². The van der Waals surface area contributed by atoms with E-state index in [1.807, 2.05) is 12.5 Å². The number of rotatable bonds is 5. The quantitative estimate of drug-likeness (QED) is 0.751. The van der Waals surface area contributed by atoms with Gasteiger partial charge in [0.25, 0.3) is 0 Å². The van der Waals surface area contributed by atoms with Crippen LogP contribution in [-0.4, -0.2) is 70.4 Å². The van der Waals surface area contributed by atoms with Crippen LogP contribution < -0.4 is 5.32 Å². The molecule has 3 aliphatic rings. The highest BCUT2D eigenvalue weighted by Crippen LogP contribution is 2.40. The molecule has 3 aliphatic heterocycles.